The summed E-state index contributed by atoms with van der Waals surface area (Å²) in [4.78, 5) is 26.4. The summed E-state index contributed by atoms with van der Waals surface area (Å²) in [5, 5.41) is 2.93. The third-order valence-corrected chi connectivity index (χ3v) is 4.38. The highest BCUT2D eigenvalue weighted by atomic mass is 16.5. The molecule has 1 N–H and O–H groups in total. The van der Waals surface area contributed by atoms with Gasteiger partial charge in [-0.15, -0.1) is 0 Å². The van der Waals surface area contributed by atoms with Crippen LogP contribution in [-0.4, -0.2) is 37.2 Å². The van der Waals surface area contributed by atoms with Gasteiger partial charge in [0.2, 0.25) is 0 Å². The summed E-state index contributed by atoms with van der Waals surface area (Å²) in [7, 11) is 1.60. The van der Waals surface area contributed by atoms with E-state index in [0.29, 0.717) is 23.7 Å². The first-order valence-corrected chi connectivity index (χ1v) is 8.13. The normalized spacial score (nSPS) is 20.2. The van der Waals surface area contributed by atoms with E-state index in [1.807, 2.05) is 24.3 Å². The second-order valence-electron chi connectivity index (χ2n) is 6.43. The van der Waals surface area contributed by atoms with Crippen LogP contribution in [0.25, 0.3) is 0 Å². The lowest BCUT2D eigenvalue weighted by molar-refractivity contribution is -0.136. The molecule has 2 aliphatic heterocycles. The first kappa shape index (κ1) is 16.4. The molecule has 0 unspecified atom stereocenters. The molecule has 0 radical (unpaired) electrons. The summed E-state index contributed by atoms with van der Waals surface area (Å²) in [5.41, 5.74) is 2.05. The molecule has 128 valence electrons. The number of hydrogen-bond acceptors (Lipinski definition) is 4. The number of amides is 2. The van der Waals surface area contributed by atoms with Crippen LogP contribution < -0.4 is 10.1 Å². The smallest absolute Gasteiger partial charge is 0.338 e. The van der Waals surface area contributed by atoms with Gasteiger partial charge in [-0.1, -0.05) is 26.0 Å². The van der Waals surface area contributed by atoms with Crippen molar-refractivity contribution >= 4 is 12.0 Å². The van der Waals surface area contributed by atoms with E-state index in [2.05, 4.69) is 19.2 Å². The van der Waals surface area contributed by atoms with E-state index in [1.165, 1.54) is 0 Å². The van der Waals surface area contributed by atoms with Crippen LogP contribution in [-0.2, 0) is 9.53 Å². The summed E-state index contributed by atoms with van der Waals surface area (Å²) < 4.78 is 10.4. The van der Waals surface area contributed by atoms with Crippen molar-refractivity contribution in [1.82, 2.24) is 10.2 Å². The summed E-state index contributed by atoms with van der Waals surface area (Å²) >= 11 is 0. The van der Waals surface area contributed by atoms with E-state index in [0.717, 1.165) is 17.7 Å². The number of methoxy groups -OCH3 is 1. The minimum atomic E-state index is -0.483. The highest BCUT2D eigenvalue weighted by molar-refractivity contribution is 5.97. The van der Waals surface area contributed by atoms with Crippen molar-refractivity contribution in [3.8, 4) is 5.75 Å². The average Bonchev–Trinajstić information content (AvgIpc) is 2.95. The second kappa shape index (κ2) is 6.55. The Hall–Kier alpha value is -2.50. The maximum absolute atomic E-state index is 12.6. The van der Waals surface area contributed by atoms with Gasteiger partial charge in [0, 0.05) is 6.54 Å². The zero-order valence-corrected chi connectivity index (χ0v) is 14.2. The fourth-order valence-corrected chi connectivity index (χ4v) is 2.98. The Kier molecular flexibility index (Phi) is 4.46. The number of rotatable bonds is 5. The number of esters is 1. The van der Waals surface area contributed by atoms with Crippen LogP contribution in [0.5, 0.6) is 5.75 Å². The van der Waals surface area contributed by atoms with Crippen LogP contribution in [0.2, 0.25) is 0 Å². The Labute approximate surface area is 141 Å². The topological polar surface area (TPSA) is 67.9 Å². The molecule has 1 aromatic rings. The maximum Gasteiger partial charge on any atom is 0.338 e. The van der Waals surface area contributed by atoms with Crippen molar-refractivity contribution in [3.05, 3.63) is 41.1 Å². The predicted molar refractivity (Wildman–Crippen MR) is 88.4 cm³/mol. The summed E-state index contributed by atoms with van der Waals surface area (Å²) in [6, 6.07) is 6.66. The maximum atomic E-state index is 12.6. The predicted octanol–water partition coefficient (Wildman–Crippen LogP) is 2.62. The third-order valence-electron chi connectivity index (χ3n) is 4.38. The molecule has 2 aliphatic rings. The Balaban J connectivity index is 1.93. The van der Waals surface area contributed by atoms with Gasteiger partial charge in [0.05, 0.1) is 24.4 Å². The number of urea groups is 1. The minimum Gasteiger partial charge on any atom is -0.497 e. The molecule has 0 saturated carbocycles. The van der Waals surface area contributed by atoms with E-state index in [1.54, 1.807) is 12.0 Å². The molecule has 24 heavy (non-hydrogen) atoms. The van der Waals surface area contributed by atoms with Crippen molar-refractivity contribution in [2.75, 3.05) is 20.3 Å². The molecule has 1 atom stereocenters. The molecule has 0 bridgehead atoms. The van der Waals surface area contributed by atoms with Crippen LogP contribution in [0.4, 0.5) is 4.79 Å². The number of nitrogens with one attached hydrogen (secondary N) is 1. The molecule has 3 rings (SSSR count). The van der Waals surface area contributed by atoms with Crippen molar-refractivity contribution in [2.45, 2.75) is 26.3 Å². The van der Waals surface area contributed by atoms with Crippen LogP contribution in [0.3, 0.4) is 0 Å². The zero-order chi connectivity index (χ0) is 17.3. The van der Waals surface area contributed by atoms with E-state index in [-0.39, 0.29) is 18.6 Å². The van der Waals surface area contributed by atoms with Crippen molar-refractivity contribution in [1.29, 1.82) is 0 Å². The van der Waals surface area contributed by atoms with Crippen LogP contribution >= 0.6 is 0 Å². The number of carbonyl (C=O) groups excluding carboxylic acids is 2. The molecule has 0 saturated heterocycles. The fourth-order valence-electron chi connectivity index (χ4n) is 2.98. The molecule has 1 aromatic carbocycles. The van der Waals surface area contributed by atoms with Gasteiger partial charge in [-0.3, -0.25) is 4.90 Å². The Morgan fingerprint density at radius 3 is 2.62 bits per heavy atom. The number of ether oxygens (including phenoxy) is 2. The number of benzene rings is 1. The highest BCUT2D eigenvalue weighted by Gasteiger charge is 2.41. The monoisotopic (exact) mass is 330 g/mol. The molecule has 0 aromatic heterocycles. The van der Waals surface area contributed by atoms with Crippen LogP contribution in [0.1, 0.15) is 31.9 Å². The molecule has 2 heterocycles. The van der Waals surface area contributed by atoms with Gasteiger partial charge in [0.1, 0.15) is 12.4 Å². The van der Waals surface area contributed by atoms with E-state index in [4.69, 9.17) is 9.47 Å². The molecular formula is C18H22N2O4. The van der Waals surface area contributed by atoms with E-state index < -0.39 is 6.04 Å². The zero-order valence-electron chi connectivity index (χ0n) is 14.2. The number of hydrogen-bond donors (Lipinski definition) is 1. The standard InChI is InChI=1S/C18H22N2O4/c1-11(2)8-9-20-14-10-24-17(21)15(14)16(19-18(20)22)12-4-6-13(23-3)7-5-12/h4-7,11,16H,8-10H2,1-3H3,(H,19,22)/t16-/m0/s1. The van der Waals surface area contributed by atoms with Crippen molar-refractivity contribution in [3.63, 3.8) is 0 Å². The van der Waals surface area contributed by atoms with Gasteiger partial charge < -0.3 is 14.8 Å². The summed E-state index contributed by atoms with van der Waals surface area (Å²) in [6.45, 7) is 4.95. The summed E-state index contributed by atoms with van der Waals surface area (Å²) in [5.74, 6) is 0.835. The quantitative estimate of drug-likeness (QED) is 0.843. The molecule has 0 fully saturated rings. The second-order valence-corrected chi connectivity index (χ2v) is 6.43. The van der Waals surface area contributed by atoms with Gasteiger partial charge in [-0.05, 0) is 30.0 Å². The first-order valence-electron chi connectivity index (χ1n) is 8.13. The molecule has 6 nitrogen and oxygen atoms in total. The fraction of sp³-hybridized carbons (Fsp3) is 0.444. The molecular weight excluding hydrogens is 308 g/mol. The Morgan fingerprint density at radius 2 is 2.00 bits per heavy atom. The van der Waals surface area contributed by atoms with Gasteiger partial charge in [0.15, 0.2) is 0 Å². The number of carbonyl (C=O) groups is 2. The Bertz CT molecular complexity index is 679. The molecule has 0 spiro atoms. The van der Waals surface area contributed by atoms with E-state index >= 15 is 0 Å². The molecule has 0 aliphatic carbocycles. The largest absolute Gasteiger partial charge is 0.497 e. The van der Waals surface area contributed by atoms with Crippen LogP contribution in [0.15, 0.2) is 35.5 Å². The SMILES string of the molecule is COc1ccc([C@@H]2NC(=O)N(CCC(C)C)C3=C2C(=O)OC3)cc1. The minimum absolute atomic E-state index is 0.159. The van der Waals surface area contributed by atoms with Gasteiger partial charge in [-0.2, -0.15) is 0 Å². The highest BCUT2D eigenvalue weighted by Crippen LogP contribution is 2.35. The van der Waals surface area contributed by atoms with Crippen LogP contribution in [0, 0.1) is 5.92 Å². The lowest BCUT2D eigenvalue weighted by atomic mass is 9.95. The van der Waals surface area contributed by atoms with Gasteiger partial charge >= 0.3 is 12.0 Å². The molecule has 2 amide bonds. The van der Waals surface area contributed by atoms with Gasteiger partial charge in [-0.25, -0.2) is 9.59 Å². The van der Waals surface area contributed by atoms with Crippen molar-refractivity contribution in [2.24, 2.45) is 5.92 Å². The lowest BCUT2D eigenvalue weighted by Gasteiger charge is -2.33. The average molecular weight is 330 g/mol. The Morgan fingerprint density at radius 1 is 1.29 bits per heavy atom. The lowest BCUT2D eigenvalue weighted by Crippen LogP contribution is -2.47. The number of cyclic esters (lactones) is 1. The van der Waals surface area contributed by atoms with Gasteiger partial charge in [0.25, 0.3) is 0 Å². The van der Waals surface area contributed by atoms with Crippen molar-refractivity contribution < 1.29 is 19.1 Å². The first-order chi connectivity index (χ1) is 11.5. The third kappa shape index (κ3) is 2.96. The number of nitrogens with zero attached hydrogens (tertiary/aromatic N) is 1. The van der Waals surface area contributed by atoms with E-state index in [9.17, 15) is 9.59 Å². The molecule has 6 heteroatoms. The summed E-state index contributed by atoms with van der Waals surface area (Å²) in [6.07, 6.45) is 0.867.